The van der Waals surface area contributed by atoms with Crippen LogP contribution in [0.25, 0.3) is 0 Å². The molecular formula is C44H64N6O2+2. The van der Waals surface area contributed by atoms with Gasteiger partial charge in [0, 0.05) is 16.8 Å². The van der Waals surface area contributed by atoms with Crippen molar-refractivity contribution in [3.63, 3.8) is 0 Å². The number of imidazole rings is 2. The van der Waals surface area contributed by atoms with Gasteiger partial charge in [-0.15, -0.1) is 0 Å². The second-order valence-corrected chi connectivity index (χ2v) is 15.1. The number of rotatable bonds is 20. The van der Waals surface area contributed by atoms with E-state index in [9.17, 15) is 9.59 Å². The lowest BCUT2D eigenvalue weighted by molar-refractivity contribution is -0.673. The molecule has 2 aromatic carbocycles. The summed E-state index contributed by atoms with van der Waals surface area (Å²) in [5, 5.41) is 6.34. The SMILES string of the molecule is CCCCCCCCn1cc[n+](C)c1C(=O)Nc1ccc(C2(c3ccc(NC(=O)c4n(CCCCCCCC)cc[n+]4C)cc3)CCCCC2)cc1. The number of aromatic nitrogens is 4. The van der Waals surface area contributed by atoms with Gasteiger partial charge in [0.1, 0.15) is 24.8 Å². The molecule has 0 spiro atoms. The highest BCUT2D eigenvalue weighted by Crippen LogP contribution is 2.45. The summed E-state index contributed by atoms with van der Waals surface area (Å²) in [7, 11) is 3.88. The van der Waals surface area contributed by atoms with Gasteiger partial charge in [0.05, 0.1) is 27.2 Å². The Hall–Kier alpha value is -4.20. The topological polar surface area (TPSA) is 75.8 Å². The predicted octanol–water partition coefficient (Wildman–Crippen LogP) is 9.41. The quantitative estimate of drug-likeness (QED) is 0.0709. The second-order valence-electron chi connectivity index (χ2n) is 15.1. The average molecular weight is 709 g/mol. The van der Waals surface area contributed by atoms with Crippen LogP contribution in [0.5, 0.6) is 0 Å². The minimum atomic E-state index is -0.0974. The van der Waals surface area contributed by atoms with Crippen LogP contribution in [0.15, 0.2) is 73.3 Å². The normalized spacial score (nSPS) is 14.0. The number of hydrogen-bond acceptors (Lipinski definition) is 2. The number of carbonyl (C=O) groups is 2. The first-order chi connectivity index (χ1) is 25.4. The van der Waals surface area contributed by atoms with Gasteiger partial charge < -0.3 is 10.6 Å². The number of amides is 2. The summed E-state index contributed by atoms with van der Waals surface area (Å²) in [6, 6.07) is 17.0. The van der Waals surface area contributed by atoms with Crippen molar-refractivity contribution in [2.45, 2.75) is 142 Å². The van der Waals surface area contributed by atoms with E-state index >= 15 is 0 Å². The van der Waals surface area contributed by atoms with Crippen LogP contribution in [-0.4, -0.2) is 20.9 Å². The lowest BCUT2D eigenvalue weighted by Crippen LogP contribution is -2.38. The van der Waals surface area contributed by atoms with Crippen molar-refractivity contribution in [1.29, 1.82) is 0 Å². The molecule has 1 aliphatic rings. The molecule has 8 heteroatoms. The first-order valence-electron chi connectivity index (χ1n) is 20.3. The fraction of sp³-hybridized carbons (Fsp3) is 0.545. The summed E-state index contributed by atoms with van der Waals surface area (Å²) < 4.78 is 8.00. The van der Waals surface area contributed by atoms with Crippen molar-refractivity contribution in [2.24, 2.45) is 14.1 Å². The van der Waals surface area contributed by atoms with E-state index in [0.29, 0.717) is 11.6 Å². The number of anilines is 2. The Labute approximate surface area is 312 Å². The number of benzene rings is 2. The van der Waals surface area contributed by atoms with Crippen LogP contribution < -0.4 is 19.8 Å². The van der Waals surface area contributed by atoms with Crippen LogP contribution in [0.1, 0.15) is 155 Å². The zero-order valence-electron chi connectivity index (χ0n) is 32.5. The van der Waals surface area contributed by atoms with Gasteiger partial charge in [0.2, 0.25) is 0 Å². The van der Waals surface area contributed by atoms with E-state index in [-0.39, 0.29) is 17.2 Å². The third-order valence-corrected chi connectivity index (χ3v) is 11.2. The van der Waals surface area contributed by atoms with Crippen molar-refractivity contribution in [3.05, 3.63) is 96.1 Å². The Balaban J connectivity index is 1.23. The number of nitrogens with one attached hydrogen (secondary N) is 2. The van der Waals surface area contributed by atoms with Crippen LogP contribution in [0, 0.1) is 0 Å². The highest BCUT2D eigenvalue weighted by atomic mass is 16.2. The van der Waals surface area contributed by atoms with Crippen molar-refractivity contribution >= 4 is 23.2 Å². The Bertz CT molecular complexity index is 1580. The van der Waals surface area contributed by atoms with Crippen LogP contribution in [0.4, 0.5) is 11.4 Å². The van der Waals surface area contributed by atoms with E-state index in [4.69, 9.17) is 0 Å². The Morgan fingerprint density at radius 1 is 0.577 bits per heavy atom. The number of carbonyl (C=O) groups excluding carboxylic acids is 2. The summed E-state index contributed by atoms with van der Waals surface area (Å²) in [4.78, 5) is 27.0. The smallest absolute Gasteiger partial charge is 0.315 e. The Kier molecular flexibility index (Phi) is 14.7. The first kappa shape index (κ1) is 39.0. The van der Waals surface area contributed by atoms with Crippen LogP contribution >= 0.6 is 0 Å². The predicted molar refractivity (Wildman–Crippen MR) is 211 cm³/mol. The maximum atomic E-state index is 13.5. The molecule has 4 aromatic rings. The number of unbranched alkanes of at least 4 members (excludes halogenated alkanes) is 10. The van der Waals surface area contributed by atoms with Gasteiger partial charge >= 0.3 is 23.5 Å². The molecule has 2 amide bonds. The maximum absolute atomic E-state index is 13.5. The lowest BCUT2D eigenvalue weighted by atomic mass is 9.65. The van der Waals surface area contributed by atoms with Crippen molar-refractivity contribution < 1.29 is 18.7 Å². The largest absolute Gasteiger partial charge is 0.348 e. The average Bonchev–Trinajstić information content (AvgIpc) is 3.73. The summed E-state index contributed by atoms with van der Waals surface area (Å²) in [6.07, 6.45) is 28.4. The van der Waals surface area contributed by atoms with Crippen molar-refractivity contribution in [2.75, 3.05) is 10.6 Å². The van der Waals surface area contributed by atoms with E-state index in [2.05, 4.69) is 82.1 Å². The molecule has 2 heterocycles. The molecule has 0 saturated heterocycles. The number of aryl methyl sites for hydroxylation is 4. The molecule has 1 aliphatic carbocycles. The molecular weight excluding hydrogens is 645 g/mol. The zero-order chi connectivity index (χ0) is 36.8. The van der Waals surface area contributed by atoms with E-state index in [1.54, 1.807) is 0 Å². The summed E-state index contributed by atoms with van der Waals surface area (Å²) in [5.74, 6) is 1.18. The highest BCUT2D eigenvalue weighted by molar-refractivity contribution is 6.01. The molecule has 0 aliphatic heterocycles. The van der Waals surface area contributed by atoms with Crippen LogP contribution in [-0.2, 0) is 32.6 Å². The molecule has 1 fully saturated rings. The van der Waals surface area contributed by atoms with Gasteiger partial charge in [-0.2, -0.15) is 0 Å². The van der Waals surface area contributed by atoms with Crippen LogP contribution in [0.3, 0.4) is 0 Å². The molecule has 5 rings (SSSR count). The van der Waals surface area contributed by atoms with Crippen LogP contribution in [0.2, 0.25) is 0 Å². The maximum Gasteiger partial charge on any atom is 0.348 e. The van der Waals surface area contributed by atoms with Gasteiger partial charge in [-0.25, -0.2) is 18.3 Å². The molecule has 52 heavy (non-hydrogen) atoms. The fourth-order valence-electron chi connectivity index (χ4n) is 8.13. The molecule has 0 atom stereocenters. The number of hydrogen-bond donors (Lipinski definition) is 2. The Morgan fingerprint density at radius 2 is 0.962 bits per heavy atom. The number of nitrogens with zero attached hydrogens (tertiary/aromatic N) is 4. The summed E-state index contributed by atoms with van der Waals surface area (Å²) >= 11 is 0. The first-order valence-corrected chi connectivity index (χ1v) is 20.3. The monoisotopic (exact) mass is 709 g/mol. The molecule has 0 radical (unpaired) electrons. The molecule has 1 saturated carbocycles. The lowest BCUT2D eigenvalue weighted by Gasteiger charge is -2.39. The highest BCUT2D eigenvalue weighted by Gasteiger charge is 2.36. The minimum Gasteiger partial charge on any atom is -0.315 e. The third kappa shape index (κ3) is 10.0. The molecule has 2 N–H and O–H groups in total. The standard InChI is InChI=1S/C44H62N6O2/c1-5-7-9-11-13-18-30-49-34-32-47(3)42(49)40(51)45-38-24-20-36(21-25-38)44(28-16-15-17-29-44)37-22-26-39(27-23-37)46-41(52)43-48(4)33-35-50(43)31-19-14-12-10-8-6-2/h20-27,32-35H,5-19,28-31H2,1-4H3/p+2. The van der Waals surface area contributed by atoms with Gasteiger partial charge in [0.25, 0.3) is 0 Å². The Morgan fingerprint density at radius 3 is 1.37 bits per heavy atom. The van der Waals surface area contributed by atoms with E-state index in [1.807, 2.05) is 48.0 Å². The van der Waals surface area contributed by atoms with E-state index < -0.39 is 0 Å². The molecule has 0 bridgehead atoms. The molecule has 280 valence electrons. The summed E-state index contributed by atoms with van der Waals surface area (Å²) in [6.45, 7) is 6.19. The van der Waals surface area contributed by atoms with Crippen molar-refractivity contribution in [1.82, 2.24) is 9.13 Å². The third-order valence-electron chi connectivity index (χ3n) is 11.2. The van der Waals surface area contributed by atoms with Gasteiger partial charge in [0.15, 0.2) is 0 Å². The van der Waals surface area contributed by atoms with Gasteiger partial charge in [-0.3, -0.25) is 9.59 Å². The van der Waals surface area contributed by atoms with Gasteiger partial charge in [-0.1, -0.05) is 109 Å². The molecule has 0 unspecified atom stereocenters. The molecule has 8 nitrogen and oxygen atoms in total. The van der Waals surface area contributed by atoms with E-state index in [1.165, 1.54) is 94.6 Å². The zero-order valence-corrected chi connectivity index (χ0v) is 32.5. The van der Waals surface area contributed by atoms with Gasteiger partial charge in [-0.05, 0) is 73.9 Å². The van der Waals surface area contributed by atoms with E-state index in [0.717, 1.165) is 50.1 Å². The molecule has 2 aromatic heterocycles. The van der Waals surface area contributed by atoms with Crippen molar-refractivity contribution in [3.8, 4) is 0 Å². The fourth-order valence-corrected chi connectivity index (χ4v) is 8.13. The minimum absolute atomic E-state index is 0.0838. The second kappa shape index (κ2) is 19.6. The summed E-state index contributed by atoms with van der Waals surface area (Å²) in [5.41, 5.74) is 4.07.